The standard InChI is InChI=1S/C15H23O3P/c1-12(2)15(13(3)4)10-18-19(16,17)11-14-8-6-5-7-9-14/h5-10,12-13H,11H2,1-4H3,(H,16,17). The smallest absolute Gasteiger partial charge is 0.380 e. The first-order valence-corrected chi connectivity index (χ1v) is 8.32. The van der Waals surface area contributed by atoms with Crippen LogP contribution in [0.1, 0.15) is 33.3 Å². The molecule has 0 aliphatic carbocycles. The van der Waals surface area contributed by atoms with Crippen LogP contribution < -0.4 is 0 Å². The lowest BCUT2D eigenvalue weighted by Gasteiger charge is -2.17. The summed E-state index contributed by atoms with van der Waals surface area (Å²) in [6, 6.07) is 9.21. The first kappa shape index (κ1) is 16.0. The van der Waals surface area contributed by atoms with E-state index in [9.17, 15) is 9.46 Å². The highest BCUT2D eigenvalue weighted by Gasteiger charge is 2.20. The molecule has 0 aromatic heterocycles. The van der Waals surface area contributed by atoms with Gasteiger partial charge in [-0.15, -0.1) is 0 Å². The zero-order valence-electron chi connectivity index (χ0n) is 12.0. The van der Waals surface area contributed by atoms with Gasteiger partial charge in [-0.3, -0.25) is 0 Å². The molecule has 1 unspecified atom stereocenters. The minimum Gasteiger partial charge on any atom is -0.432 e. The Morgan fingerprint density at radius 1 is 1.21 bits per heavy atom. The fourth-order valence-electron chi connectivity index (χ4n) is 1.93. The van der Waals surface area contributed by atoms with Crippen LogP contribution in [0.4, 0.5) is 0 Å². The van der Waals surface area contributed by atoms with Crippen molar-refractivity contribution in [1.82, 2.24) is 0 Å². The van der Waals surface area contributed by atoms with Gasteiger partial charge < -0.3 is 9.42 Å². The van der Waals surface area contributed by atoms with Gasteiger partial charge in [0.2, 0.25) is 0 Å². The van der Waals surface area contributed by atoms with Crippen LogP contribution >= 0.6 is 7.60 Å². The van der Waals surface area contributed by atoms with Gasteiger partial charge in [0.15, 0.2) is 0 Å². The molecule has 1 rings (SSSR count). The number of hydrogen-bond acceptors (Lipinski definition) is 2. The van der Waals surface area contributed by atoms with Crippen molar-refractivity contribution in [2.24, 2.45) is 11.8 Å². The third kappa shape index (κ3) is 5.63. The first-order chi connectivity index (χ1) is 8.82. The number of allylic oxidation sites excluding steroid dienone is 1. The predicted octanol–water partition coefficient (Wildman–Crippen LogP) is 4.58. The second-order valence-electron chi connectivity index (χ2n) is 5.31. The third-order valence-corrected chi connectivity index (χ3v) is 4.11. The lowest BCUT2D eigenvalue weighted by molar-refractivity contribution is 0.339. The van der Waals surface area contributed by atoms with Gasteiger partial charge in [-0.1, -0.05) is 58.0 Å². The van der Waals surface area contributed by atoms with Gasteiger partial charge in [-0.25, -0.2) is 4.57 Å². The Hall–Kier alpha value is -1.05. The summed E-state index contributed by atoms with van der Waals surface area (Å²) in [6.07, 6.45) is 1.51. The number of benzene rings is 1. The van der Waals surface area contributed by atoms with Crippen LogP contribution in [0.15, 0.2) is 42.2 Å². The van der Waals surface area contributed by atoms with Gasteiger partial charge in [0.1, 0.15) is 0 Å². The fourth-order valence-corrected chi connectivity index (χ4v) is 2.97. The molecule has 1 N–H and O–H groups in total. The molecule has 1 aromatic rings. The number of hydrogen-bond donors (Lipinski definition) is 1. The largest absolute Gasteiger partial charge is 0.432 e. The Kier molecular flexibility index (Phi) is 5.84. The lowest BCUT2D eigenvalue weighted by atomic mass is 9.94. The zero-order valence-corrected chi connectivity index (χ0v) is 12.9. The van der Waals surface area contributed by atoms with Crippen LogP contribution in [0.25, 0.3) is 0 Å². The van der Waals surface area contributed by atoms with E-state index in [-0.39, 0.29) is 6.16 Å². The van der Waals surface area contributed by atoms with Crippen molar-refractivity contribution in [2.45, 2.75) is 33.9 Å². The molecule has 1 atom stereocenters. The maximum atomic E-state index is 12.0. The van der Waals surface area contributed by atoms with E-state index in [0.29, 0.717) is 11.8 Å². The molecule has 0 amide bonds. The quantitative estimate of drug-likeness (QED) is 0.613. The van der Waals surface area contributed by atoms with Crippen LogP contribution in [0.3, 0.4) is 0 Å². The SMILES string of the molecule is CC(C)C(=COP(=O)(O)Cc1ccccc1)C(C)C. The van der Waals surface area contributed by atoms with E-state index >= 15 is 0 Å². The minimum atomic E-state index is -3.62. The van der Waals surface area contributed by atoms with Gasteiger partial charge in [-0.2, -0.15) is 0 Å². The molecule has 0 saturated heterocycles. The molecule has 3 nitrogen and oxygen atoms in total. The highest BCUT2D eigenvalue weighted by atomic mass is 31.2. The average Bonchev–Trinajstić information content (AvgIpc) is 2.28. The van der Waals surface area contributed by atoms with Gasteiger partial charge in [0, 0.05) is 0 Å². The molecule has 0 aliphatic heterocycles. The van der Waals surface area contributed by atoms with E-state index in [1.54, 1.807) is 0 Å². The van der Waals surface area contributed by atoms with Crippen molar-refractivity contribution in [2.75, 3.05) is 0 Å². The molecule has 0 bridgehead atoms. The summed E-state index contributed by atoms with van der Waals surface area (Å²) in [6.45, 7) is 8.20. The Balaban J connectivity index is 2.74. The lowest BCUT2D eigenvalue weighted by Crippen LogP contribution is -2.03. The van der Waals surface area contributed by atoms with Gasteiger partial charge in [0.05, 0.1) is 12.4 Å². The van der Waals surface area contributed by atoms with E-state index in [1.807, 2.05) is 30.3 Å². The zero-order chi connectivity index (χ0) is 14.5. The molecule has 4 heteroatoms. The van der Waals surface area contributed by atoms with Crippen molar-refractivity contribution in [3.8, 4) is 0 Å². The number of rotatable bonds is 6. The molecule has 0 aliphatic rings. The maximum Gasteiger partial charge on any atom is 0.380 e. The summed E-state index contributed by atoms with van der Waals surface area (Å²) in [7, 11) is -3.62. The van der Waals surface area contributed by atoms with Crippen LogP contribution in [-0.2, 0) is 15.3 Å². The molecule has 0 saturated carbocycles. The van der Waals surface area contributed by atoms with E-state index in [1.165, 1.54) is 6.26 Å². The topological polar surface area (TPSA) is 46.5 Å². The molecule has 0 heterocycles. The summed E-state index contributed by atoms with van der Waals surface area (Å²) >= 11 is 0. The summed E-state index contributed by atoms with van der Waals surface area (Å²) in [5, 5.41) is 0. The molecule has 106 valence electrons. The van der Waals surface area contributed by atoms with E-state index in [2.05, 4.69) is 27.7 Å². The monoisotopic (exact) mass is 282 g/mol. The average molecular weight is 282 g/mol. The molecule has 1 aromatic carbocycles. The van der Waals surface area contributed by atoms with Gasteiger partial charge in [0.25, 0.3) is 0 Å². The summed E-state index contributed by atoms with van der Waals surface area (Å²) < 4.78 is 17.2. The fraction of sp³-hybridized carbons (Fsp3) is 0.467. The summed E-state index contributed by atoms with van der Waals surface area (Å²) in [5.41, 5.74) is 1.85. The van der Waals surface area contributed by atoms with Crippen molar-refractivity contribution in [3.63, 3.8) is 0 Å². The highest BCUT2D eigenvalue weighted by molar-refractivity contribution is 7.52. The van der Waals surface area contributed by atoms with Gasteiger partial charge >= 0.3 is 7.60 Å². The van der Waals surface area contributed by atoms with Crippen LogP contribution in [0.2, 0.25) is 0 Å². The van der Waals surface area contributed by atoms with Gasteiger partial charge in [-0.05, 0) is 23.0 Å². The molecule has 0 spiro atoms. The summed E-state index contributed by atoms with van der Waals surface area (Å²) in [5.74, 6) is 0.605. The van der Waals surface area contributed by atoms with Crippen molar-refractivity contribution in [1.29, 1.82) is 0 Å². The van der Waals surface area contributed by atoms with E-state index in [0.717, 1.165) is 11.1 Å². The highest BCUT2D eigenvalue weighted by Crippen LogP contribution is 2.46. The maximum absolute atomic E-state index is 12.0. The minimum absolute atomic E-state index is 0.0355. The summed E-state index contributed by atoms with van der Waals surface area (Å²) in [4.78, 5) is 9.87. The molecular formula is C15H23O3P. The van der Waals surface area contributed by atoms with Crippen LogP contribution in [-0.4, -0.2) is 4.89 Å². The normalized spacial score (nSPS) is 14.3. The van der Waals surface area contributed by atoms with Crippen molar-refractivity contribution >= 4 is 7.60 Å². The second kappa shape index (κ2) is 6.93. The predicted molar refractivity (Wildman–Crippen MR) is 78.8 cm³/mol. The van der Waals surface area contributed by atoms with Crippen LogP contribution in [0.5, 0.6) is 0 Å². The Bertz CT molecular complexity index is 454. The Labute approximate surface area is 115 Å². The van der Waals surface area contributed by atoms with Crippen molar-refractivity contribution in [3.05, 3.63) is 47.7 Å². The Morgan fingerprint density at radius 3 is 2.21 bits per heavy atom. The van der Waals surface area contributed by atoms with E-state index in [4.69, 9.17) is 4.52 Å². The van der Waals surface area contributed by atoms with Crippen LogP contribution in [0, 0.1) is 11.8 Å². The van der Waals surface area contributed by atoms with E-state index < -0.39 is 7.60 Å². The second-order valence-corrected chi connectivity index (χ2v) is 7.12. The molecule has 0 fully saturated rings. The molecule has 19 heavy (non-hydrogen) atoms. The first-order valence-electron chi connectivity index (χ1n) is 6.56. The molecular weight excluding hydrogens is 259 g/mol. The third-order valence-electron chi connectivity index (χ3n) is 2.91. The Morgan fingerprint density at radius 2 is 1.74 bits per heavy atom. The molecule has 0 radical (unpaired) electrons. The van der Waals surface area contributed by atoms with Crippen molar-refractivity contribution < 1.29 is 14.0 Å².